The lowest BCUT2D eigenvalue weighted by Gasteiger charge is -2.18. The molecule has 27 heavy (non-hydrogen) atoms. The van der Waals surface area contributed by atoms with Crippen LogP contribution in [0.15, 0.2) is 29.0 Å². The summed E-state index contributed by atoms with van der Waals surface area (Å²) in [6.45, 7) is 1.73. The number of pyridine rings is 1. The molecule has 0 unspecified atom stereocenters. The molecule has 0 bridgehead atoms. The number of fused-ring (bicyclic) bond motifs is 1. The number of rotatable bonds is 5. The van der Waals surface area contributed by atoms with Gasteiger partial charge in [0.2, 0.25) is 0 Å². The largest absolute Gasteiger partial charge is 0.489 e. The van der Waals surface area contributed by atoms with E-state index in [1.807, 2.05) is 4.90 Å². The van der Waals surface area contributed by atoms with Gasteiger partial charge in [-0.3, -0.25) is 9.78 Å². The number of amides is 1. The van der Waals surface area contributed by atoms with Crippen LogP contribution in [0.4, 0.5) is 0 Å². The first kappa shape index (κ1) is 17.0. The maximum atomic E-state index is 12.7. The maximum Gasteiger partial charge on any atom is 0.276 e. The van der Waals surface area contributed by atoms with Gasteiger partial charge in [-0.15, -0.1) is 0 Å². The third-order valence-corrected chi connectivity index (χ3v) is 5.65. The van der Waals surface area contributed by atoms with Gasteiger partial charge < -0.3 is 18.9 Å². The van der Waals surface area contributed by atoms with E-state index >= 15 is 0 Å². The number of nitrogens with zero attached hydrogens (tertiary/aromatic N) is 3. The first-order valence-corrected chi connectivity index (χ1v) is 9.68. The zero-order valence-electron chi connectivity index (χ0n) is 14.7. The molecule has 4 heterocycles. The predicted molar refractivity (Wildman–Crippen MR) is 95.9 cm³/mol. The van der Waals surface area contributed by atoms with Gasteiger partial charge in [0.25, 0.3) is 5.91 Å². The normalized spacial score (nSPS) is 27.0. The van der Waals surface area contributed by atoms with E-state index in [0.717, 1.165) is 25.0 Å². The van der Waals surface area contributed by atoms with Gasteiger partial charge in [-0.1, -0.05) is 16.8 Å². The zero-order valence-corrected chi connectivity index (χ0v) is 15.5. The Hall–Kier alpha value is -2.12. The van der Waals surface area contributed by atoms with Crippen LogP contribution in [0, 0.1) is 5.92 Å². The Bertz CT molecular complexity index is 839. The summed E-state index contributed by atoms with van der Waals surface area (Å²) in [4.78, 5) is 18.5. The van der Waals surface area contributed by atoms with E-state index < -0.39 is 0 Å². The van der Waals surface area contributed by atoms with Crippen LogP contribution in [0.25, 0.3) is 0 Å². The molecule has 2 aromatic rings. The molecule has 8 heteroatoms. The second-order valence-electron chi connectivity index (χ2n) is 7.54. The Morgan fingerprint density at radius 3 is 2.96 bits per heavy atom. The highest BCUT2D eigenvalue weighted by molar-refractivity contribution is 6.30. The van der Waals surface area contributed by atoms with Crippen LogP contribution in [0.1, 0.15) is 41.4 Å². The van der Waals surface area contributed by atoms with Crippen LogP contribution >= 0.6 is 11.6 Å². The van der Waals surface area contributed by atoms with Crippen molar-refractivity contribution in [2.75, 3.05) is 19.7 Å². The minimum Gasteiger partial charge on any atom is -0.489 e. The first-order valence-electron chi connectivity index (χ1n) is 9.30. The number of carbonyl (C=O) groups is 1. The molecule has 0 spiro atoms. The van der Waals surface area contributed by atoms with Crippen molar-refractivity contribution >= 4 is 17.5 Å². The van der Waals surface area contributed by atoms with Gasteiger partial charge >= 0.3 is 0 Å². The van der Waals surface area contributed by atoms with Crippen LogP contribution in [0.3, 0.4) is 0 Å². The SMILES string of the molecule is O=C(c1cc(C2CC2)on1)N1C[C@@H]2C[C@@H](COc3cncc(Cl)c3)O[C@@H]2C1. The van der Waals surface area contributed by atoms with Crippen LogP contribution in [-0.2, 0) is 4.74 Å². The molecule has 1 saturated carbocycles. The van der Waals surface area contributed by atoms with Gasteiger partial charge in [0, 0.05) is 43.3 Å². The van der Waals surface area contributed by atoms with Gasteiger partial charge in [-0.2, -0.15) is 0 Å². The molecular formula is C19H20ClN3O4. The monoisotopic (exact) mass is 389 g/mol. The Labute approximate surface area is 161 Å². The third kappa shape index (κ3) is 3.53. The lowest BCUT2D eigenvalue weighted by Crippen LogP contribution is -2.32. The van der Waals surface area contributed by atoms with E-state index in [-0.39, 0.29) is 18.1 Å². The summed E-state index contributed by atoms with van der Waals surface area (Å²) in [7, 11) is 0. The molecule has 7 nitrogen and oxygen atoms in total. The van der Waals surface area contributed by atoms with E-state index in [4.69, 9.17) is 25.6 Å². The molecular weight excluding hydrogens is 370 g/mol. The van der Waals surface area contributed by atoms with Gasteiger partial charge in [0.05, 0.1) is 23.4 Å². The third-order valence-electron chi connectivity index (χ3n) is 5.44. The van der Waals surface area contributed by atoms with E-state index in [1.165, 1.54) is 0 Å². The summed E-state index contributed by atoms with van der Waals surface area (Å²) in [5.74, 6) is 2.19. The molecule has 0 aromatic carbocycles. The lowest BCUT2D eigenvalue weighted by atomic mass is 10.0. The Morgan fingerprint density at radius 2 is 2.19 bits per heavy atom. The molecule has 142 valence electrons. The van der Waals surface area contributed by atoms with E-state index in [9.17, 15) is 4.79 Å². The fraction of sp³-hybridized carbons (Fsp3) is 0.526. The van der Waals surface area contributed by atoms with Crippen molar-refractivity contribution < 1.29 is 18.8 Å². The van der Waals surface area contributed by atoms with Crippen molar-refractivity contribution in [3.05, 3.63) is 41.0 Å². The average molecular weight is 390 g/mol. The van der Waals surface area contributed by atoms with Gasteiger partial charge in [0.15, 0.2) is 5.69 Å². The van der Waals surface area contributed by atoms with Crippen molar-refractivity contribution in [3.63, 3.8) is 0 Å². The Kier molecular flexibility index (Phi) is 4.28. The van der Waals surface area contributed by atoms with Gasteiger partial charge in [-0.05, 0) is 19.3 Å². The molecule has 0 N–H and O–H groups in total. The fourth-order valence-corrected chi connectivity index (χ4v) is 4.07. The number of aromatic nitrogens is 2. The van der Waals surface area contributed by atoms with Crippen molar-refractivity contribution in [1.29, 1.82) is 0 Å². The predicted octanol–water partition coefficient (Wildman–Crippen LogP) is 2.91. The Balaban J connectivity index is 1.14. The molecule has 1 aliphatic carbocycles. The second kappa shape index (κ2) is 6.80. The smallest absolute Gasteiger partial charge is 0.276 e. The molecule has 2 aromatic heterocycles. The molecule has 3 atom stereocenters. The molecule has 0 radical (unpaired) electrons. The quantitative estimate of drug-likeness (QED) is 0.782. The number of carbonyl (C=O) groups excluding carboxylic acids is 1. The highest BCUT2D eigenvalue weighted by atomic mass is 35.5. The highest BCUT2D eigenvalue weighted by Crippen LogP contribution is 2.40. The molecule has 3 aliphatic rings. The minimum atomic E-state index is -0.0681. The maximum absolute atomic E-state index is 12.7. The van der Waals surface area contributed by atoms with Crippen molar-refractivity contribution in [2.24, 2.45) is 5.92 Å². The topological polar surface area (TPSA) is 77.7 Å². The molecule has 2 aliphatic heterocycles. The van der Waals surface area contributed by atoms with Crippen molar-refractivity contribution in [3.8, 4) is 5.75 Å². The molecule has 1 amide bonds. The van der Waals surface area contributed by atoms with E-state index in [2.05, 4.69) is 10.1 Å². The van der Waals surface area contributed by atoms with Gasteiger partial charge in [0.1, 0.15) is 18.1 Å². The van der Waals surface area contributed by atoms with Crippen molar-refractivity contribution in [1.82, 2.24) is 15.0 Å². The number of ether oxygens (including phenoxy) is 2. The minimum absolute atomic E-state index is 0.0183. The number of halogens is 1. The summed E-state index contributed by atoms with van der Waals surface area (Å²) in [6.07, 6.45) is 6.39. The zero-order chi connectivity index (χ0) is 18.4. The first-order chi connectivity index (χ1) is 13.2. The average Bonchev–Trinajstić information content (AvgIpc) is 3.09. The Morgan fingerprint density at radius 1 is 1.30 bits per heavy atom. The standard InChI is InChI=1S/C19H20ClN3O4/c20-13-4-14(7-21-6-13)25-10-15-3-12-8-23(9-18(12)26-15)19(24)16-5-17(27-22-16)11-1-2-11/h4-7,11-12,15,18H,1-3,8-10H2/t12-,15-,18+/m0/s1. The van der Waals surface area contributed by atoms with Crippen LogP contribution in [0.5, 0.6) is 5.75 Å². The molecule has 3 fully saturated rings. The van der Waals surface area contributed by atoms with Crippen LogP contribution in [0.2, 0.25) is 5.02 Å². The number of hydrogen-bond donors (Lipinski definition) is 0. The highest BCUT2D eigenvalue weighted by Gasteiger charge is 2.44. The van der Waals surface area contributed by atoms with E-state index in [0.29, 0.717) is 48.0 Å². The van der Waals surface area contributed by atoms with Crippen molar-refractivity contribution in [2.45, 2.75) is 37.4 Å². The van der Waals surface area contributed by atoms with E-state index in [1.54, 1.807) is 24.5 Å². The van der Waals surface area contributed by atoms with Gasteiger partial charge in [-0.25, -0.2) is 0 Å². The summed E-state index contributed by atoms with van der Waals surface area (Å²) in [5, 5.41) is 4.50. The number of hydrogen-bond acceptors (Lipinski definition) is 6. The fourth-order valence-electron chi connectivity index (χ4n) is 3.91. The van der Waals surface area contributed by atoms with Crippen LogP contribution < -0.4 is 4.74 Å². The second-order valence-corrected chi connectivity index (χ2v) is 7.98. The summed E-state index contributed by atoms with van der Waals surface area (Å²) < 4.78 is 17.1. The molecule has 5 rings (SSSR count). The summed E-state index contributed by atoms with van der Waals surface area (Å²) in [5.41, 5.74) is 0.408. The number of likely N-dealkylation sites (tertiary alicyclic amines) is 1. The summed E-state index contributed by atoms with van der Waals surface area (Å²) >= 11 is 5.91. The molecule has 2 saturated heterocycles. The summed E-state index contributed by atoms with van der Waals surface area (Å²) in [6, 6.07) is 3.53. The van der Waals surface area contributed by atoms with Crippen LogP contribution in [-0.4, -0.2) is 52.9 Å². The lowest BCUT2D eigenvalue weighted by molar-refractivity contribution is 0.0129.